The molecule has 16 heavy (non-hydrogen) atoms. The minimum Gasteiger partial charge on any atom is -0.447 e. The van der Waals surface area contributed by atoms with Gasteiger partial charge in [-0.1, -0.05) is 0 Å². The van der Waals surface area contributed by atoms with Gasteiger partial charge in [0.15, 0.2) is 0 Å². The number of alkyl carbamates (subject to hydrolysis) is 1. The zero-order chi connectivity index (χ0) is 11.2. The van der Waals surface area contributed by atoms with Gasteiger partial charge in [0.05, 0.1) is 19.3 Å². The molecule has 0 radical (unpaired) electrons. The third-order valence-corrected chi connectivity index (χ3v) is 2.66. The lowest BCUT2D eigenvalue weighted by atomic mass is 10.3. The molecular formula is C10H18N2O4. The van der Waals surface area contributed by atoms with Crippen molar-refractivity contribution in [1.82, 2.24) is 10.6 Å². The average Bonchev–Trinajstić information content (AvgIpc) is 2.81. The quantitative estimate of drug-likeness (QED) is 0.683. The van der Waals surface area contributed by atoms with E-state index in [0.717, 1.165) is 19.5 Å². The Labute approximate surface area is 94.6 Å². The summed E-state index contributed by atoms with van der Waals surface area (Å²) in [5, 5.41) is 5.93. The van der Waals surface area contributed by atoms with Gasteiger partial charge in [0.25, 0.3) is 0 Å². The van der Waals surface area contributed by atoms with Crippen molar-refractivity contribution in [3.05, 3.63) is 0 Å². The van der Waals surface area contributed by atoms with E-state index in [0.29, 0.717) is 26.4 Å². The van der Waals surface area contributed by atoms with E-state index in [4.69, 9.17) is 14.2 Å². The van der Waals surface area contributed by atoms with E-state index in [1.807, 2.05) is 0 Å². The van der Waals surface area contributed by atoms with E-state index in [-0.39, 0.29) is 18.2 Å². The SMILES string of the molecule is O=C(NC1CCOC1)OCC1CNCCO1. The monoisotopic (exact) mass is 230 g/mol. The molecule has 6 heteroatoms. The lowest BCUT2D eigenvalue weighted by Crippen LogP contribution is -2.43. The molecule has 0 bridgehead atoms. The zero-order valence-electron chi connectivity index (χ0n) is 9.24. The second-order valence-corrected chi connectivity index (χ2v) is 4.00. The molecule has 0 saturated carbocycles. The molecule has 0 aliphatic carbocycles. The van der Waals surface area contributed by atoms with Crippen molar-refractivity contribution >= 4 is 6.09 Å². The summed E-state index contributed by atoms with van der Waals surface area (Å²) in [4.78, 5) is 11.4. The Bertz CT molecular complexity index is 225. The number of carbonyl (C=O) groups is 1. The highest BCUT2D eigenvalue weighted by Gasteiger charge is 2.20. The molecule has 2 aliphatic rings. The number of hydrogen-bond acceptors (Lipinski definition) is 5. The van der Waals surface area contributed by atoms with Crippen LogP contribution in [0.2, 0.25) is 0 Å². The Morgan fingerprint density at radius 1 is 1.50 bits per heavy atom. The van der Waals surface area contributed by atoms with Crippen LogP contribution in [0.3, 0.4) is 0 Å². The van der Waals surface area contributed by atoms with Crippen LogP contribution in [0.5, 0.6) is 0 Å². The summed E-state index contributed by atoms with van der Waals surface area (Å²) in [6, 6.07) is 0.0953. The second-order valence-electron chi connectivity index (χ2n) is 4.00. The number of ether oxygens (including phenoxy) is 3. The lowest BCUT2D eigenvalue weighted by Gasteiger charge is -2.23. The maximum absolute atomic E-state index is 11.4. The van der Waals surface area contributed by atoms with Crippen molar-refractivity contribution in [2.75, 3.05) is 39.5 Å². The van der Waals surface area contributed by atoms with Crippen LogP contribution in [0, 0.1) is 0 Å². The van der Waals surface area contributed by atoms with Crippen molar-refractivity contribution in [3.63, 3.8) is 0 Å². The van der Waals surface area contributed by atoms with E-state index in [1.165, 1.54) is 0 Å². The van der Waals surface area contributed by atoms with Gasteiger partial charge < -0.3 is 24.8 Å². The number of nitrogens with one attached hydrogen (secondary N) is 2. The minimum atomic E-state index is -0.385. The first-order chi connectivity index (χ1) is 7.84. The Hall–Kier alpha value is -0.850. The number of hydrogen-bond donors (Lipinski definition) is 2. The summed E-state index contributed by atoms with van der Waals surface area (Å²) in [6.45, 7) is 3.86. The van der Waals surface area contributed by atoms with Crippen LogP contribution in [-0.2, 0) is 14.2 Å². The van der Waals surface area contributed by atoms with Gasteiger partial charge in [-0.2, -0.15) is 0 Å². The molecule has 2 rings (SSSR count). The zero-order valence-corrected chi connectivity index (χ0v) is 9.24. The first kappa shape index (κ1) is 11.6. The fourth-order valence-electron chi connectivity index (χ4n) is 1.75. The van der Waals surface area contributed by atoms with Crippen molar-refractivity contribution in [2.24, 2.45) is 0 Å². The number of carbonyl (C=O) groups excluding carboxylic acids is 1. The molecule has 2 saturated heterocycles. The van der Waals surface area contributed by atoms with E-state index < -0.39 is 0 Å². The van der Waals surface area contributed by atoms with E-state index in [2.05, 4.69) is 10.6 Å². The summed E-state index contributed by atoms with van der Waals surface area (Å²) in [5.41, 5.74) is 0. The molecule has 2 fully saturated rings. The van der Waals surface area contributed by atoms with E-state index in [9.17, 15) is 4.79 Å². The van der Waals surface area contributed by atoms with Gasteiger partial charge in [-0.05, 0) is 6.42 Å². The molecule has 1 amide bonds. The molecule has 0 aromatic heterocycles. The summed E-state index contributed by atoms with van der Waals surface area (Å²) in [7, 11) is 0. The standard InChI is InChI=1S/C10H18N2O4/c13-10(12-8-1-3-14-6-8)16-7-9-5-11-2-4-15-9/h8-9,11H,1-7H2,(H,12,13). The first-order valence-electron chi connectivity index (χ1n) is 5.68. The Morgan fingerprint density at radius 3 is 3.12 bits per heavy atom. The fraction of sp³-hybridized carbons (Fsp3) is 0.900. The molecule has 0 aromatic rings. The highest BCUT2D eigenvalue weighted by Crippen LogP contribution is 2.03. The Balaban J connectivity index is 1.59. The average molecular weight is 230 g/mol. The van der Waals surface area contributed by atoms with Crippen LogP contribution in [-0.4, -0.2) is 57.8 Å². The lowest BCUT2D eigenvalue weighted by molar-refractivity contribution is -0.0126. The van der Waals surface area contributed by atoms with Gasteiger partial charge in [-0.25, -0.2) is 4.79 Å². The predicted octanol–water partition coefficient (Wildman–Crippen LogP) is -0.510. The molecule has 6 nitrogen and oxygen atoms in total. The third-order valence-electron chi connectivity index (χ3n) is 2.66. The van der Waals surface area contributed by atoms with Crippen LogP contribution in [0.25, 0.3) is 0 Å². The minimum absolute atomic E-state index is 0.0284. The second kappa shape index (κ2) is 6.03. The van der Waals surface area contributed by atoms with Gasteiger partial charge in [-0.3, -0.25) is 0 Å². The molecule has 0 spiro atoms. The van der Waals surface area contributed by atoms with Crippen molar-refractivity contribution < 1.29 is 19.0 Å². The van der Waals surface area contributed by atoms with Gasteiger partial charge >= 0.3 is 6.09 Å². The first-order valence-corrected chi connectivity index (χ1v) is 5.68. The number of rotatable bonds is 3. The normalized spacial score (nSPS) is 30.0. The molecule has 0 aromatic carbocycles. The highest BCUT2D eigenvalue weighted by atomic mass is 16.6. The largest absolute Gasteiger partial charge is 0.447 e. The van der Waals surface area contributed by atoms with Crippen LogP contribution in [0.15, 0.2) is 0 Å². The Morgan fingerprint density at radius 2 is 2.44 bits per heavy atom. The molecular weight excluding hydrogens is 212 g/mol. The predicted molar refractivity (Wildman–Crippen MR) is 56.3 cm³/mol. The van der Waals surface area contributed by atoms with Gasteiger partial charge in [0.2, 0.25) is 0 Å². The number of amides is 1. The third kappa shape index (κ3) is 3.62. The highest BCUT2D eigenvalue weighted by molar-refractivity contribution is 5.67. The summed E-state index contributed by atoms with van der Waals surface area (Å²) in [6.07, 6.45) is 0.445. The maximum Gasteiger partial charge on any atom is 0.407 e. The molecule has 92 valence electrons. The molecule has 2 heterocycles. The molecule has 2 aliphatic heterocycles. The van der Waals surface area contributed by atoms with Crippen LogP contribution in [0.1, 0.15) is 6.42 Å². The Kier molecular flexibility index (Phi) is 4.38. The van der Waals surface area contributed by atoms with Crippen LogP contribution >= 0.6 is 0 Å². The van der Waals surface area contributed by atoms with Crippen molar-refractivity contribution in [2.45, 2.75) is 18.6 Å². The van der Waals surface area contributed by atoms with Gasteiger partial charge in [0, 0.05) is 19.7 Å². The van der Waals surface area contributed by atoms with Gasteiger partial charge in [-0.15, -0.1) is 0 Å². The summed E-state index contributed by atoms with van der Waals surface area (Å²) >= 11 is 0. The van der Waals surface area contributed by atoms with Crippen molar-refractivity contribution in [1.29, 1.82) is 0 Å². The molecule has 2 atom stereocenters. The summed E-state index contributed by atoms with van der Waals surface area (Å²) in [5.74, 6) is 0. The topological polar surface area (TPSA) is 68.8 Å². The van der Waals surface area contributed by atoms with Crippen molar-refractivity contribution in [3.8, 4) is 0 Å². The summed E-state index contributed by atoms with van der Waals surface area (Å²) < 4.78 is 15.6. The molecule has 2 unspecified atom stereocenters. The maximum atomic E-state index is 11.4. The fourth-order valence-corrected chi connectivity index (χ4v) is 1.75. The van der Waals surface area contributed by atoms with E-state index >= 15 is 0 Å². The van der Waals surface area contributed by atoms with Gasteiger partial charge in [0.1, 0.15) is 12.7 Å². The van der Waals surface area contributed by atoms with Crippen LogP contribution < -0.4 is 10.6 Å². The smallest absolute Gasteiger partial charge is 0.407 e. The number of morpholine rings is 1. The van der Waals surface area contributed by atoms with E-state index in [1.54, 1.807) is 0 Å². The van der Waals surface area contributed by atoms with Crippen LogP contribution in [0.4, 0.5) is 4.79 Å². The molecule has 2 N–H and O–H groups in total.